The van der Waals surface area contributed by atoms with Crippen LogP contribution in [0, 0.1) is 20.8 Å². The van der Waals surface area contributed by atoms with E-state index in [1.807, 2.05) is 12.1 Å². The molecule has 4 heteroatoms. The molecule has 3 rings (SSSR count). The molecule has 1 N–H and O–H groups in total. The number of benzene rings is 2. The third-order valence-electron chi connectivity index (χ3n) is 4.52. The second-order valence-electron chi connectivity index (χ2n) is 6.32. The average Bonchev–Trinajstić information content (AvgIpc) is 2.86. The zero-order chi connectivity index (χ0) is 17.3. The van der Waals surface area contributed by atoms with Gasteiger partial charge in [-0.15, -0.1) is 0 Å². The number of aryl methyl sites for hydroxylation is 4. The fourth-order valence-electron chi connectivity index (χ4n) is 3.02. The molecule has 3 aromatic rings. The maximum absolute atomic E-state index is 10.9. The lowest BCUT2D eigenvalue weighted by atomic mass is 10.1. The van der Waals surface area contributed by atoms with Gasteiger partial charge >= 0.3 is 5.97 Å². The van der Waals surface area contributed by atoms with Crippen LogP contribution >= 0.6 is 0 Å². The van der Waals surface area contributed by atoms with Gasteiger partial charge in [0.1, 0.15) is 5.82 Å². The topological polar surface area (TPSA) is 55.1 Å². The number of imidazole rings is 1. The van der Waals surface area contributed by atoms with Crippen molar-refractivity contribution in [3.05, 3.63) is 53.1 Å². The first kappa shape index (κ1) is 16.2. The van der Waals surface area contributed by atoms with Crippen LogP contribution in [0.25, 0.3) is 22.4 Å². The minimum Gasteiger partial charge on any atom is -0.481 e. The number of hydrogen-bond donors (Lipinski definition) is 1. The lowest BCUT2D eigenvalue weighted by molar-refractivity contribution is -0.137. The quantitative estimate of drug-likeness (QED) is 0.753. The van der Waals surface area contributed by atoms with Gasteiger partial charge in [-0.2, -0.15) is 0 Å². The van der Waals surface area contributed by atoms with Crippen LogP contribution in [-0.2, 0) is 11.3 Å². The van der Waals surface area contributed by atoms with Crippen LogP contribution in [0.15, 0.2) is 36.4 Å². The van der Waals surface area contributed by atoms with Crippen LogP contribution in [0.5, 0.6) is 0 Å². The zero-order valence-corrected chi connectivity index (χ0v) is 14.3. The SMILES string of the molecule is Cc1cc2nc(-c3ccccc3C)n(CCCC(=O)O)c2cc1C. The number of rotatable bonds is 5. The van der Waals surface area contributed by atoms with Gasteiger partial charge in [-0.1, -0.05) is 24.3 Å². The lowest BCUT2D eigenvalue weighted by Gasteiger charge is -2.11. The van der Waals surface area contributed by atoms with Crippen molar-refractivity contribution in [3.8, 4) is 11.4 Å². The summed E-state index contributed by atoms with van der Waals surface area (Å²) < 4.78 is 2.16. The zero-order valence-electron chi connectivity index (χ0n) is 14.3. The van der Waals surface area contributed by atoms with Crippen LogP contribution in [0.1, 0.15) is 29.5 Å². The van der Waals surface area contributed by atoms with E-state index in [9.17, 15) is 4.79 Å². The number of aliphatic carboxylic acids is 1. The Hall–Kier alpha value is -2.62. The van der Waals surface area contributed by atoms with Crippen molar-refractivity contribution in [1.82, 2.24) is 9.55 Å². The summed E-state index contributed by atoms with van der Waals surface area (Å²) in [6, 6.07) is 12.4. The van der Waals surface area contributed by atoms with Gasteiger partial charge in [-0.05, 0) is 56.0 Å². The lowest BCUT2D eigenvalue weighted by Crippen LogP contribution is -2.04. The van der Waals surface area contributed by atoms with Crippen LogP contribution in [0.4, 0.5) is 0 Å². The van der Waals surface area contributed by atoms with E-state index in [1.54, 1.807) is 0 Å². The molecule has 0 unspecified atom stereocenters. The highest BCUT2D eigenvalue weighted by atomic mass is 16.4. The van der Waals surface area contributed by atoms with Gasteiger partial charge < -0.3 is 9.67 Å². The van der Waals surface area contributed by atoms with Crippen LogP contribution in [0.3, 0.4) is 0 Å². The molecule has 0 aliphatic rings. The summed E-state index contributed by atoms with van der Waals surface area (Å²) in [6.07, 6.45) is 0.754. The summed E-state index contributed by atoms with van der Waals surface area (Å²) in [4.78, 5) is 15.7. The van der Waals surface area contributed by atoms with Gasteiger partial charge in [0, 0.05) is 18.5 Å². The highest BCUT2D eigenvalue weighted by molar-refractivity contribution is 5.82. The van der Waals surface area contributed by atoms with Gasteiger partial charge in [0.2, 0.25) is 0 Å². The molecule has 0 atom stereocenters. The van der Waals surface area contributed by atoms with Gasteiger partial charge in [0.05, 0.1) is 11.0 Å². The van der Waals surface area contributed by atoms with Crippen molar-refractivity contribution >= 4 is 17.0 Å². The van der Waals surface area contributed by atoms with E-state index >= 15 is 0 Å². The second kappa shape index (κ2) is 6.48. The third kappa shape index (κ3) is 3.04. The summed E-state index contributed by atoms with van der Waals surface area (Å²) >= 11 is 0. The fourth-order valence-corrected chi connectivity index (χ4v) is 3.02. The minimum absolute atomic E-state index is 0.164. The Kier molecular flexibility index (Phi) is 4.38. The van der Waals surface area contributed by atoms with Gasteiger partial charge in [-0.25, -0.2) is 4.98 Å². The molecule has 0 amide bonds. The molecule has 124 valence electrons. The standard InChI is InChI=1S/C20H22N2O2/c1-13-7-4-5-8-16(13)20-21-17-11-14(2)15(3)12-18(17)22(20)10-6-9-19(23)24/h4-5,7-8,11-12H,6,9-10H2,1-3H3,(H,23,24). The minimum atomic E-state index is -0.760. The summed E-state index contributed by atoms with van der Waals surface area (Å²) in [5.41, 5.74) is 6.74. The molecular formula is C20H22N2O2. The highest BCUT2D eigenvalue weighted by Gasteiger charge is 2.15. The van der Waals surface area contributed by atoms with Gasteiger partial charge in [0.15, 0.2) is 0 Å². The summed E-state index contributed by atoms with van der Waals surface area (Å²) in [5, 5.41) is 8.94. The Labute approximate surface area is 141 Å². The maximum atomic E-state index is 10.9. The van der Waals surface area contributed by atoms with E-state index in [4.69, 9.17) is 10.1 Å². The molecule has 2 aromatic carbocycles. The number of fused-ring (bicyclic) bond motifs is 1. The number of carboxylic acids is 1. The number of hydrogen-bond acceptors (Lipinski definition) is 2. The Bertz CT molecular complexity index is 909. The number of aromatic nitrogens is 2. The van der Waals surface area contributed by atoms with Crippen LogP contribution in [-0.4, -0.2) is 20.6 Å². The summed E-state index contributed by atoms with van der Waals surface area (Å²) in [6.45, 7) is 6.91. The Morgan fingerprint density at radius 1 is 1.08 bits per heavy atom. The predicted octanol–water partition coefficient (Wildman–Crippen LogP) is 4.49. The molecule has 24 heavy (non-hydrogen) atoms. The first-order valence-electron chi connectivity index (χ1n) is 8.22. The molecule has 0 radical (unpaired) electrons. The molecule has 0 aliphatic carbocycles. The molecule has 0 saturated carbocycles. The normalized spacial score (nSPS) is 11.1. The van der Waals surface area contributed by atoms with E-state index in [0.29, 0.717) is 13.0 Å². The van der Waals surface area contributed by atoms with E-state index in [-0.39, 0.29) is 6.42 Å². The van der Waals surface area contributed by atoms with Crippen molar-refractivity contribution in [1.29, 1.82) is 0 Å². The van der Waals surface area contributed by atoms with Crippen molar-refractivity contribution in [3.63, 3.8) is 0 Å². The second-order valence-corrected chi connectivity index (χ2v) is 6.32. The molecule has 0 aliphatic heterocycles. The molecule has 1 heterocycles. The van der Waals surface area contributed by atoms with Gasteiger partial charge in [0.25, 0.3) is 0 Å². The number of carbonyl (C=O) groups is 1. The van der Waals surface area contributed by atoms with Crippen LogP contribution in [0.2, 0.25) is 0 Å². The van der Waals surface area contributed by atoms with E-state index in [0.717, 1.165) is 22.4 Å². The van der Waals surface area contributed by atoms with Crippen molar-refractivity contribution in [2.75, 3.05) is 0 Å². The molecule has 0 saturated heterocycles. The first-order chi connectivity index (χ1) is 11.5. The maximum Gasteiger partial charge on any atom is 0.303 e. The van der Waals surface area contributed by atoms with Crippen LogP contribution < -0.4 is 0 Å². The molecule has 1 aromatic heterocycles. The van der Waals surface area contributed by atoms with Crippen molar-refractivity contribution < 1.29 is 9.90 Å². The van der Waals surface area contributed by atoms with E-state index in [1.165, 1.54) is 16.7 Å². The fraction of sp³-hybridized carbons (Fsp3) is 0.300. The molecule has 0 fully saturated rings. The van der Waals surface area contributed by atoms with Gasteiger partial charge in [-0.3, -0.25) is 4.79 Å². The Morgan fingerprint density at radius 3 is 2.50 bits per heavy atom. The van der Waals surface area contributed by atoms with Crippen molar-refractivity contribution in [2.24, 2.45) is 0 Å². The van der Waals surface area contributed by atoms with Crippen molar-refractivity contribution in [2.45, 2.75) is 40.2 Å². The summed E-state index contributed by atoms with van der Waals surface area (Å²) in [7, 11) is 0. The average molecular weight is 322 g/mol. The Balaban J connectivity index is 2.16. The highest BCUT2D eigenvalue weighted by Crippen LogP contribution is 2.29. The molecule has 0 spiro atoms. The monoisotopic (exact) mass is 322 g/mol. The molecular weight excluding hydrogens is 300 g/mol. The van der Waals surface area contributed by atoms with E-state index < -0.39 is 5.97 Å². The van der Waals surface area contributed by atoms with E-state index in [2.05, 4.69) is 49.6 Å². The number of nitrogens with zero attached hydrogens (tertiary/aromatic N) is 2. The smallest absolute Gasteiger partial charge is 0.303 e. The third-order valence-corrected chi connectivity index (χ3v) is 4.52. The summed E-state index contributed by atoms with van der Waals surface area (Å²) in [5.74, 6) is 0.155. The number of carboxylic acid groups (broad SMARTS) is 1. The first-order valence-corrected chi connectivity index (χ1v) is 8.22. The molecule has 0 bridgehead atoms. The Morgan fingerprint density at radius 2 is 1.79 bits per heavy atom. The molecule has 4 nitrogen and oxygen atoms in total. The largest absolute Gasteiger partial charge is 0.481 e. The predicted molar refractivity (Wildman–Crippen MR) is 96.2 cm³/mol.